The van der Waals surface area contributed by atoms with Crippen molar-refractivity contribution in [1.82, 2.24) is 9.80 Å². The smallest absolute Gasteiger partial charge is 0.165 e. The number of hydrogen-bond donors (Lipinski definition) is 2. The van der Waals surface area contributed by atoms with Crippen LogP contribution in [0.3, 0.4) is 0 Å². The molecule has 1 unspecified atom stereocenters. The van der Waals surface area contributed by atoms with Crippen LogP contribution < -0.4 is 4.74 Å². The molecule has 2 aromatic rings. The van der Waals surface area contributed by atoms with Gasteiger partial charge in [0.15, 0.2) is 11.5 Å². The molecule has 5 aliphatic rings. The molecule has 5 nitrogen and oxygen atoms in total. The summed E-state index contributed by atoms with van der Waals surface area (Å²) in [6, 6.07) is 15.1. The summed E-state index contributed by atoms with van der Waals surface area (Å²) in [6.07, 6.45) is 5.02. The summed E-state index contributed by atoms with van der Waals surface area (Å²) in [4.78, 5) is 5.00. The second kappa shape index (κ2) is 6.74. The number of fused-ring (bicyclic) bond motifs is 2. The third-order valence-corrected chi connectivity index (χ3v) is 9.76. The van der Waals surface area contributed by atoms with E-state index in [-0.39, 0.29) is 23.9 Å². The molecule has 0 aromatic heterocycles. The topological polar surface area (TPSA) is 56.2 Å². The average Bonchev–Trinajstić information content (AvgIpc) is 3.48. The Kier molecular flexibility index (Phi) is 4.15. The van der Waals surface area contributed by atoms with E-state index in [4.69, 9.17) is 4.74 Å². The molecule has 33 heavy (non-hydrogen) atoms. The number of piperidine rings is 1. The summed E-state index contributed by atoms with van der Waals surface area (Å²) < 4.78 is 6.67. The molecule has 2 aliphatic heterocycles. The molecule has 1 spiro atoms. The van der Waals surface area contributed by atoms with Crippen LogP contribution in [0.25, 0.3) is 0 Å². The van der Waals surface area contributed by atoms with Gasteiger partial charge in [-0.3, -0.25) is 9.80 Å². The number of rotatable bonds is 5. The van der Waals surface area contributed by atoms with Gasteiger partial charge in [0, 0.05) is 36.8 Å². The number of phenols is 1. The lowest BCUT2D eigenvalue weighted by molar-refractivity contribution is -0.197. The van der Waals surface area contributed by atoms with Gasteiger partial charge in [0.05, 0.1) is 11.0 Å². The van der Waals surface area contributed by atoms with E-state index in [0.29, 0.717) is 11.8 Å². The van der Waals surface area contributed by atoms with Crippen LogP contribution in [0.5, 0.6) is 11.5 Å². The lowest BCUT2D eigenvalue weighted by Gasteiger charge is -2.61. The fraction of sp³-hybridized carbons (Fsp3) is 0.571. The molecule has 2 N–H and O–H groups in total. The normalized spacial score (nSPS) is 38.4. The molecule has 5 heteroatoms. The Morgan fingerprint density at radius 2 is 1.91 bits per heavy atom. The van der Waals surface area contributed by atoms with Crippen LogP contribution in [-0.4, -0.2) is 57.4 Å². The number of likely N-dealkylation sites (N-methyl/N-ethyl adjacent to an activating group) is 1. The highest BCUT2D eigenvalue weighted by molar-refractivity contribution is 5.64. The van der Waals surface area contributed by atoms with E-state index in [2.05, 4.69) is 60.2 Å². The van der Waals surface area contributed by atoms with Crippen LogP contribution in [-0.2, 0) is 12.0 Å². The number of aliphatic hydroxyl groups is 1. The Morgan fingerprint density at radius 1 is 1.12 bits per heavy atom. The molecule has 1 saturated heterocycles. The first-order valence-corrected chi connectivity index (χ1v) is 12.7. The van der Waals surface area contributed by atoms with E-state index in [1.54, 1.807) is 0 Å². The van der Waals surface area contributed by atoms with Crippen LogP contribution in [0.2, 0.25) is 0 Å². The van der Waals surface area contributed by atoms with Gasteiger partial charge in [-0.15, -0.1) is 0 Å². The minimum atomic E-state index is -0.850. The van der Waals surface area contributed by atoms with E-state index in [1.807, 2.05) is 6.07 Å². The first-order valence-electron chi connectivity index (χ1n) is 12.7. The fourth-order valence-electron chi connectivity index (χ4n) is 7.98. The molecular formula is C28H34N2O3. The molecule has 0 amide bonds. The molecule has 7 rings (SSSR count). The predicted octanol–water partition coefficient (Wildman–Crippen LogP) is 3.98. The molecule has 3 fully saturated rings. The van der Waals surface area contributed by atoms with Crippen molar-refractivity contribution >= 4 is 0 Å². The number of aromatic hydroxyl groups is 1. The van der Waals surface area contributed by atoms with Crippen molar-refractivity contribution in [3.63, 3.8) is 0 Å². The maximum absolute atomic E-state index is 12.5. The molecule has 6 atom stereocenters. The predicted molar refractivity (Wildman–Crippen MR) is 126 cm³/mol. The van der Waals surface area contributed by atoms with Gasteiger partial charge in [0.2, 0.25) is 0 Å². The van der Waals surface area contributed by atoms with Crippen molar-refractivity contribution in [2.75, 3.05) is 13.6 Å². The maximum atomic E-state index is 12.5. The molecule has 2 heterocycles. The lowest BCUT2D eigenvalue weighted by atomic mass is 9.54. The number of benzene rings is 2. The zero-order chi connectivity index (χ0) is 22.5. The zero-order valence-electron chi connectivity index (χ0n) is 19.6. The summed E-state index contributed by atoms with van der Waals surface area (Å²) in [5, 5.41) is 23.4. The first kappa shape index (κ1) is 20.3. The number of phenolic OH excluding ortho intramolecular Hbond substituents is 1. The molecule has 174 valence electrons. The minimum Gasteiger partial charge on any atom is -0.504 e. The van der Waals surface area contributed by atoms with Crippen LogP contribution >= 0.6 is 0 Å². The van der Waals surface area contributed by atoms with E-state index < -0.39 is 11.0 Å². The van der Waals surface area contributed by atoms with Crippen molar-refractivity contribution in [3.05, 3.63) is 59.2 Å². The maximum Gasteiger partial charge on any atom is 0.165 e. The Hall–Kier alpha value is -2.08. The van der Waals surface area contributed by atoms with Crippen LogP contribution in [0.4, 0.5) is 0 Å². The van der Waals surface area contributed by atoms with Gasteiger partial charge in [0.25, 0.3) is 0 Å². The van der Waals surface area contributed by atoms with E-state index in [1.165, 1.54) is 24.0 Å². The van der Waals surface area contributed by atoms with E-state index in [9.17, 15) is 10.2 Å². The largest absolute Gasteiger partial charge is 0.504 e. The van der Waals surface area contributed by atoms with E-state index >= 15 is 0 Å². The first-order chi connectivity index (χ1) is 15.9. The van der Waals surface area contributed by atoms with Gasteiger partial charge in [-0.2, -0.15) is 0 Å². The molecule has 2 bridgehead atoms. The lowest BCUT2D eigenvalue weighted by Crippen LogP contribution is -2.74. The van der Waals surface area contributed by atoms with Crippen molar-refractivity contribution in [2.45, 2.75) is 80.8 Å². The summed E-state index contributed by atoms with van der Waals surface area (Å²) in [5.41, 5.74) is 2.38. The second-order valence-corrected chi connectivity index (χ2v) is 11.4. The molecule has 0 radical (unpaired) electrons. The summed E-state index contributed by atoms with van der Waals surface area (Å²) >= 11 is 0. The zero-order valence-corrected chi connectivity index (χ0v) is 19.6. The molecule has 3 aliphatic carbocycles. The van der Waals surface area contributed by atoms with Crippen LogP contribution in [0.15, 0.2) is 42.5 Å². The summed E-state index contributed by atoms with van der Waals surface area (Å²) in [5.74, 6) is 1.63. The minimum absolute atomic E-state index is 0.0730. The van der Waals surface area contributed by atoms with Gasteiger partial charge in [-0.05, 0) is 69.2 Å². The molecular weight excluding hydrogens is 412 g/mol. The number of hydrogen-bond acceptors (Lipinski definition) is 5. The number of ether oxygens (including phenoxy) is 1. The third kappa shape index (κ3) is 2.53. The Morgan fingerprint density at radius 3 is 2.67 bits per heavy atom. The van der Waals surface area contributed by atoms with Gasteiger partial charge < -0.3 is 14.9 Å². The van der Waals surface area contributed by atoms with Crippen molar-refractivity contribution in [2.24, 2.45) is 5.92 Å². The van der Waals surface area contributed by atoms with Gasteiger partial charge >= 0.3 is 0 Å². The quantitative estimate of drug-likeness (QED) is 0.728. The highest BCUT2D eigenvalue weighted by Gasteiger charge is 2.75. The molecule has 2 saturated carbocycles. The standard InChI is InChI=1S/C28H34N2O3/c1-17-28(32)13-12-21(29(2)15-18-6-4-3-5-7-18)26-27(28)14-22(30(17)16-19-8-9-19)20-10-11-23(31)25(33-26)24(20)27/h3-7,10-11,17,19,21-22,26,31-32H,8-9,12-16H2,1-2H3/t17-,21-,22?,26+,27+,28-/m1/s1. The number of nitrogens with zero attached hydrogens (tertiary/aromatic N) is 2. The monoisotopic (exact) mass is 446 g/mol. The highest BCUT2D eigenvalue weighted by atomic mass is 16.5. The van der Waals surface area contributed by atoms with Gasteiger partial charge in [-0.25, -0.2) is 0 Å². The highest BCUT2D eigenvalue weighted by Crippen LogP contribution is 2.70. The Labute approximate surface area is 196 Å². The van der Waals surface area contributed by atoms with Crippen molar-refractivity contribution in [1.29, 1.82) is 0 Å². The summed E-state index contributed by atoms with van der Waals surface area (Å²) in [7, 11) is 2.18. The second-order valence-electron chi connectivity index (χ2n) is 11.4. The number of likely N-dealkylation sites (tertiary alicyclic amines) is 1. The Bertz CT molecular complexity index is 1100. The van der Waals surface area contributed by atoms with Gasteiger partial charge in [0.1, 0.15) is 6.10 Å². The van der Waals surface area contributed by atoms with E-state index in [0.717, 1.165) is 43.8 Å². The Balaban J connectivity index is 1.33. The van der Waals surface area contributed by atoms with Crippen molar-refractivity contribution in [3.8, 4) is 11.5 Å². The van der Waals surface area contributed by atoms with Crippen LogP contribution in [0.1, 0.15) is 61.8 Å². The van der Waals surface area contributed by atoms with Gasteiger partial charge in [-0.1, -0.05) is 36.4 Å². The van der Waals surface area contributed by atoms with Crippen LogP contribution in [0, 0.1) is 5.92 Å². The average molecular weight is 447 g/mol. The SMILES string of the molecule is C[C@H]1N(CC2CC2)C2C[C@]34c5c2ccc(O)c5O[C@H]3[C@H](N(C)Cc2ccccc2)CC[C@@]14O. The fourth-order valence-corrected chi connectivity index (χ4v) is 7.98. The molecule has 2 aromatic carbocycles. The third-order valence-electron chi connectivity index (χ3n) is 9.76. The van der Waals surface area contributed by atoms with Crippen molar-refractivity contribution < 1.29 is 14.9 Å². The summed E-state index contributed by atoms with van der Waals surface area (Å²) in [6.45, 7) is 4.16.